The van der Waals surface area contributed by atoms with E-state index in [4.69, 9.17) is 9.90 Å². The molecular weight excluding hydrogens is 539 g/mol. The summed E-state index contributed by atoms with van der Waals surface area (Å²) >= 11 is 0. The van der Waals surface area contributed by atoms with Crippen molar-refractivity contribution < 1.29 is 32.7 Å². The summed E-state index contributed by atoms with van der Waals surface area (Å²) in [7, 11) is 0. The number of halogens is 3. The van der Waals surface area contributed by atoms with E-state index in [0.717, 1.165) is 49.1 Å². The molecule has 220 valence electrons. The number of rotatable bonds is 6. The highest BCUT2D eigenvalue weighted by atomic mass is 19.4. The summed E-state index contributed by atoms with van der Waals surface area (Å²) in [6.07, 6.45) is -3.54. The largest absolute Gasteiger partial charge is 0.490 e. The minimum Gasteiger partial charge on any atom is -0.475 e. The quantitative estimate of drug-likeness (QED) is 0.355. The van der Waals surface area contributed by atoms with E-state index in [9.17, 15) is 22.8 Å². The lowest BCUT2D eigenvalue weighted by Crippen LogP contribution is -2.58. The maximum atomic E-state index is 13.0. The van der Waals surface area contributed by atoms with E-state index >= 15 is 0 Å². The van der Waals surface area contributed by atoms with Gasteiger partial charge < -0.3 is 30.5 Å². The maximum Gasteiger partial charge on any atom is 0.490 e. The molecular formula is C29H34F3N5O4. The Bertz CT molecular complexity index is 1330. The van der Waals surface area contributed by atoms with Crippen LogP contribution < -0.4 is 15.5 Å². The molecule has 41 heavy (non-hydrogen) atoms. The number of alkyl halides is 3. The number of nitrogens with zero attached hydrogens (tertiary/aromatic N) is 2. The molecule has 1 aromatic heterocycles. The Morgan fingerprint density at radius 1 is 1.05 bits per heavy atom. The number of anilines is 1. The Labute approximate surface area is 235 Å². The molecule has 2 amide bonds. The number of hydrogen-bond acceptors (Lipinski definition) is 5. The van der Waals surface area contributed by atoms with Gasteiger partial charge >= 0.3 is 12.1 Å². The average Bonchev–Trinajstić information content (AvgIpc) is 3.51. The number of piperidine rings is 1. The number of hydrogen-bond donors (Lipinski definition) is 4. The molecule has 2 aliphatic rings. The van der Waals surface area contributed by atoms with Gasteiger partial charge in [0.25, 0.3) is 5.91 Å². The fourth-order valence-electron chi connectivity index (χ4n) is 5.28. The van der Waals surface area contributed by atoms with Crippen molar-refractivity contribution in [3.05, 3.63) is 66.4 Å². The number of carbonyl (C=O) groups is 3. The van der Waals surface area contributed by atoms with Crippen LogP contribution in [0, 0.1) is 5.92 Å². The smallest absolute Gasteiger partial charge is 0.475 e. The number of aromatic nitrogens is 1. The predicted molar refractivity (Wildman–Crippen MR) is 148 cm³/mol. The van der Waals surface area contributed by atoms with E-state index in [1.165, 1.54) is 0 Å². The number of likely N-dealkylation sites (tertiary alicyclic amines) is 1. The van der Waals surface area contributed by atoms with Crippen LogP contribution in [-0.2, 0) is 9.59 Å². The van der Waals surface area contributed by atoms with Gasteiger partial charge in [-0.25, -0.2) is 4.79 Å². The molecule has 12 heteroatoms. The Morgan fingerprint density at radius 3 is 2.24 bits per heavy atom. The number of H-pyrrole nitrogens is 1. The molecule has 0 saturated carbocycles. The molecule has 0 aliphatic carbocycles. The van der Waals surface area contributed by atoms with Crippen LogP contribution in [0.2, 0.25) is 0 Å². The first-order chi connectivity index (χ1) is 19.4. The first-order valence-corrected chi connectivity index (χ1v) is 13.4. The number of carboxylic acids is 1. The third-order valence-electron chi connectivity index (χ3n) is 7.68. The van der Waals surface area contributed by atoms with Crippen LogP contribution in [0.5, 0.6) is 0 Å². The Morgan fingerprint density at radius 2 is 1.66 bits per heavy atom. The van der Waals surface area contributed by atoms with Crippen molar-refractivity contribution >= 4 is 34.4 Å². The summed E-state index contributed by atoms with van der Waals surface area (Å²) in [4.78, 5) is 42.6. The first-order valence-electron chi connectivity index (χ1n) is 13.4. The molecule has 1 spiro atoms. The lowest BCUT2D eigenvalue weighted by Gasteiger charge is -2.44. The molecule has 2 fully saturated rings. The zero-order chi connectivity index (χ0) is 29.8. The Balaban J connectivity index is 0.000000493. The molecule has 3 aromatic rings. The molecule has 0 bridgehead atoms. The predicted octanol–water partition coefficient (Wildman–Crippen LogP) is 3.98. The molecule has 0 radical (unpaired) electrons. The lowest BCUT2D eigenvalue weighted by molar-refractivity contribution is -0.192. The topological polar surface area (TPSA) is 118 Å². The zero-order valence-corrected chi connectivity index (χ0v) is 22.9. The fraction of sp³-hybridized carbons (Fsp3) is 0.414. The van der Waals surface area contributed by atoms with Crippen molar-refractivity contribution in [3.8, 4) is 0 Å². The summed E-state index contributed by atoms with van der Waals surface area (Å²) in [5.74, 6) is -2.41. The number of amides is 2. The van der Waals surface area contributed by atoms with E-state index in [0.29, 0.717) is 18.3 Å². The van der Waals surface area contributed by atoms with Crippen LogP contribution in [0.25, 0.3) is 10.9 Å². The summed E-state index contributed by atoms with van der Waals surface area (Å²) < 4.78 is 31.7. The molecule has 3 heterocycles. The molecule has 1 atom stereocenters. The molecule has 2 aliphatic heterocycles. The minimum absolute atomic E-state index is 0.0237. The van der Waals surface area contributed by atoms with E-state index in [1.54, 1.807) is 0 Å². The van der Waals surface area contributed by atoms with E-state index in [-0.39, 0.29) is 17.9 Å². The highest BCUT2D eigenvalue weighted by Crippen LogP contribution is 2.36. The van der Waals surface area contributed by atoms with Gasteiger partial charge in [-0.3, -0.25) is 9.59 Å². The third kappa shape index (κ3) is 6.82. The molecule has 4 N–H and O–H groups in total. The van der Waals surface area contributed by atoms with Crippen LogP contribution in [0.1, 0.15) is 37.2 Å². The maximum absolute atomic E-state index is 13.0. The number of carboxylic acid groups (broad SMARTS) is 1. The summed E-state index contributed by atoms with van der Waals surface area (Å²) in [6, 6.07) is 20.0. The number of aromatic amines is 1. The molecule has 9 nitrogen and oxygen atoms in total. The standard InChI is InChI=1S/C27H33N5O2.C2HF3O2/c1-19(2)24(30-25(33)23-16-20-8-6-7-11-22(20)29-23)17-31-14-12-27(13-15-31)26(34)28-18-32(27)21-9-4-3-5-10-21;3-2(4,5)1(6)7/h3-11,16,19,24,29H,12-15,17-18H2,1-2H3,(H,28,34)(H,30,33);(H,6,7)/t24-;/m1./s1. The van der Waals surface area contributed by atoms with E-state index in [1.807, 2.05) is 48.5 Å². The number of fused-ring (bicyclic) bond motifs is 1. The van der Waals surface area contributed by atoms with Crippen molar-refractivity contribution in [2.45, 2.75) is 44.4 Å². The lowest BCUT2D eigenvalue weighted by atomic mass is 9.85. The summed E-state index contributed by atoms with van der Waals surface area (Å²) in [5, 5.41) is 14.5. The zero-order valence-electron chi connectivity index (χ0n) is 22.9. The van der Waals surface area contributed by atoms with Crippen LogP contribution in [0.15, 0.2) is 60.7 Å². The normalized spacial score (nSPS) is 17.7. The van der Waals surface area contributed by atoms with E-state index < -0.39 is 17.7 Å². The van der Waals surface area contributed by atoms with Gasteiger partial charge in [0.2, 0.25) is 5.91 Å². The van der Waals surface area contributed by atoms with Crippen molar-refractivity contribution in [3.63, 3.8) is 0 Å². The Hall–Kier alpha value is -4.06. The van der Waals surface area contributed by atoms with Crippen LogP contribution in [0.4, 0.5) is 18.9 Å². The van der Waals surface area contributed by atoms with Gasteiger partial charge in [0.05, 0.1) is 6.67 Å². The Kier molecular flexibility index (Phi) is 8.91. The van der Waals surface area contributed by atoms with Gasteiger partial charge in [-0.15, -0.1) is 0 Å². The highest BCUT2D eigenvalue weighted by molar-refractivity contribution is 5.98. The molecule has 2 aromatic carbocycles. The van der Waals surface area contributed by atoms with Crippen LogP contribution >= 0.6 is 0 Å². The highest BCUT2D eigenvalue weighted by Gasteiger charge is 2.50. The van der Waals surface area contributed by atoms with E-state index in [2.05, 4.69) is 51.4 Å². The SMILES string of the molecule is CC(C)[C@@H](CN1CCC2(CC1)C(=O)NCN2c1ccccc1)NC(=O)c1cc2ccccc2[nH]1.O=C(O)C(F)(F)F. The second-order valence-corrected chi connectivity index (χ2v) is 10.7. The van der Waals surface area contributed by atoms with Gasteiger partial charge in [0.1, 0.15) is 11.2 Å². The average molecular weight is 574 g/mol. The van der Waals surface area contributed by atoms with Crippen molar-refractivity contribution in [2.24, 2.45) is 5.92 Å². The second-order valence-electron chi connectivity index (χ2n) is 10.7. The fourth-order valence-corrected chi connectivity index (χ4v) is 5.28. The molecule has 5 rings (SSSR count). The van der Waals surface area contributed by atoms with Gasteiger partial charge in [0, 0.05) is 42.3 Å². The summed E-state index contributed by atoms with van der Waals surface area (Å²) in [6.45, 7) is 7.25. The first kappa shape index (κ1) is 29.9. The van der Waals surface area contributed by atoms with Crippen molar-refractivity contribution in [1.29, 1.82) is 0 Å². The van der Waals surface area contributed by atoms with Crippen molar-refractivity contribution in [2.75, 3.05) is 31.2 Å². The summed E-state index contributed by atoms with van der Waals surface area (Å²) in [5.41, 5.74) is 2.15. The van der Waals surface area contributed by atoms with Crippen LogP contribution in [-0.4, -0.2) is 76.8 Å². The van der Waals surface area contributed by atoms with Gasteiger partial charge in [-0.1, -0.05) is 50.2 Å². The van der Waals surface area contributed by atoms with Gasteiger partial charge in [-0.05, 0) is 43.0 Å². The number of benzene rings is 2. The molecule has 2 saturated heterocycles. The number of para-hydroxylation sites is 2. The monoisotopic (exact) mass is 573 g/mol. The number of carbonyl (C=O) groups excluding carboxylic acids is 2. The minimum atomic E-state index is -5.08. The van der Waals surface area contributed by atoms with Gasteiger partial charge in [0.15, 0.2) is 0 Å². The second kappa shape index (κ2) is 12.2. The number of nitrogens with one attached hydrogen (secondary N) is 3. The third-order valence-corrected chi connectivity index (χ3v) is 7.68. The van der Waals surface area contributed by atoms with Gasteiger partial charge in [-0.2, -0.15) is 13.2 Å². The number of aliphatic carboxylic acids is 1. The molecule has 0 unspecified atom stereocenters. The van der Waals surface area contributed by atoms with Crippen molar-refractivity contribution in [1.82, 2.24) is 20.5 Å². The van der Waals surface area contributed by atoms with Crippen LogP contribution in [0.3, 0.4) is 0 Å².